The lowest BCUT2D eigenvalue weighted by molar-refractivity contribution is 0.0828. The summed E-state index contributed by atoms with van der Waals surface area (Å²) in [5, 5.41) is 3.98. The van der Waals surface area contributed by atoms with Gasteiger partial charge in [0, 0.05) is 25.8 Å². The minimum absolute atomic E-state index is 0.0601. The standard InChI is InChI=1S/C14H19ClN2O/c1-17(2)14(18)12-9-11(7-8-13(12)15)16-10-5-3-4-6-10/h7-10,16H,3-6H2,1-2H3. The van der Waals surface area contributed by atoms with E-state index in [4.69, 9.17) is 11.6 Å². The van der Waals surface area contributed by atoms with Gasteiger partial charge in [-0.2, -0.15) is 0 Å². The summed E-state index contributed by atoms with van der Waals surface area (Å²) < 4.78 is 0. The molecule has 0 aliphatic heterocycles. The Hall–Kier alpha value is -1.22. The molecule has 1 aliphatic rings. The van der Waals surface area contributed by atoms with Crippen molar-refractivity contribution in [3.8, 4) is 0 Å². The van der Waals surface area contributed by atoms with Gasteiger partial charge in [0.25, 0.3) is 5.91 Å². The minimum Gasteiger partial charge on any atom is -0.382 e. The maximum absolute atomic E-state index is 12.0. The number of benzene rings is 1. The monoisotopic (exact) mass is 266 g/mol. The molecule has 2 rings (SSSR count). The number of hydrogen-bond acceptors (Lipinski definition) is 2. The van der Waals surface area contributed by atoms with Gasteiger partial charge in [0.15, 0.2) is 0 Å². The molecule has 4 heteroatoms. The predicted octanol–water partition coefficient (Wildman–Crippen LogP) is 3.40. The van der Waals surface area contributed by atoms with Crippen LogP contribution in [-0.4, -0.2) is 30.9 Å². The number of nitrogens with zero attached hydrogens (tertiary/aromatic N) is 1. The summed E-state index contributed by atoms with van der Waals surface area (Å²) >= 11 is 6.08. The summed E-state index contributed by atoms with van der Waals surface area (Å²) in [6.07, 6.45) is 4.99. The van der Waals surface area contributed by atoms with E-state index in [-0.39, 0.29) is 5.91 Å². The van der Waals surface area contributed by atoms with Crippen LogP contribution in [0.2, 0.25) is 5.02 Å². The first kappa shape index (κ1) is 13.2. The first-order valence-electron chi connectivity index (χ1n) is 6.35. The number of halogens is 1. The van der Waals surface area contributed by atoms with Gasteiger partial charge < -0.3 is 10.2 Å². The Morgan fingerprint density at radius 3 is 2.61 bits per heavy atom. The Labute approximate surface area is 113 Å². The van der Waals surface area contributed by atoms with Crippen molar-refractivity contribution >= 4 is 23.2 Å². The molecule has 1 aromatic carbocycles. The molecular weight excluding hydrogens is 248 g/mol. The van der Waals surface area contributed by atoms with Gasteiger partial charge in [0.05, 0.1) is 10.6 Å². The van der Waals surface area contributed by atoms with Crippen LogP contribution in [0.1, 0.15) is 36.0 Å². The fourth-order valence-corrected chi connectivity index (χ4v) is 2.52. The Bertz CT molecular complexity index is 439. The van der Waals surface area contributed by atoms with Crippen LogP contribution in [0.5, 0.6) is 0 Å². The molecule has 1 aliphatic carbocycles. The molecule has 1 aromatic rings. The molecule has 1 saturated carbocycles. The fraction of sp³-hybridized carbons (Fsp3) is 0.500. The quantitative estimate of drug-likeness (QED) is 0.909. The maximum Gasteiger partial charge on any atom is 0.254 e. The van der Waals surface area contributed by atoms with Gasteiger partial charge in [-0.15, -0.1) is 0 Å². The van der Waals surface area contributed by atoms with E-state index in [9.17, 15) is 4.79 Å². The van der Waals surface area contributed by atoms with Crippen LogP contribution in [0.15, 0.2) is 18.2 Å². The van der Waals surface area contributed by atoms with E-state index >= 15 is 0 Å². The van der Waals surface area contributed by atoms with Crippen LogP contribution in [-0.2, 0) is 0 Å². The predicted molar refractivity (Wildman–Crippen MR) is 75.3 cm³/mol. The first-order chi connectivity index (χ1) is 8.58. The van der Waals surface area contributed by atoms with Gasteiger partial charge in [-0.3, -0.25) is 4.79 Å². The van der Waals surface area contributed by atoms with E-state index in [1.54, 1.807) is 25.1 Å². The highest BCUT2D eigenvalue weighted by Crippen LogP contribution is 2.26. The molecular formula is C14H19ClN2O. The zero-order valence-electron chi connectivity index (χ0n) is 10.9. The lowest BCUT2D eigenvalue weighted by Crippen LogP contribution is -2.22. The zero-order valence-corrected chi connectivity index (χ0v) is 11.6. The van der Waals surface area contributed by atoms with E-state index in [0.29, 0.717) is 16.6 Å². The van der Waals surface area contributed by atoms with E-state index in [0.717, 1.165) is 5.69 Å². The van der Waals surface area contributed by atoms with Gasteiger partial charge in [0.1, 0.15) is 0 Å². The number of carbonyl (C=O) groups is 1. The summed E-state index contributed by atoms with van der Waals surface area (Å²) in [6.45, 7) is 0. The SMILES string of the molecule is CN(C)C(=O)c1cc(NC2CCCC2)ccc1Cl. The molecule has 0 unspecified atom stereocenters. The van der Waals surface area contributed by atoms with Gasteiger partial charge >= 0.3 is 0 Å². The van der Waals surface area contributed by atoms with Crippen molar-refractivity contribution in [3.05, 3.63) is 28.8 Å². The normalized spacial score (nSPS) is 15.7. The highest BCUT2D eigenvalue weighted by molar-refractivity contribution is 6.34. The third kappa shape index (κ3) is 2.96. The van der Waals surface area contributed by atoms with Crippen LogP contribution >= 0.6 is 11.6 Å². The van der Waals surface area contributed by atoms with E-state index in [1.807, 2.05) is 12.1 Å². The van der Waals surface area contributed by atoms with Crippen LogP contribution in [0.25, 0.3) is 0 Å². The summed E-state index contributed by atoms with van der Waals surface area (Å²) in [6, 6.07) is 6.11. The van der Waals surface area contributed by atoms with Crippen LogP contribution in [0, 0.1) is 0 Å². The molecule has 0 radical (unpaired) electrons. The average molecular weight is 267 g/mol. The lowest BCUT2D eigenvalue weighted by atomic mass is 10.1. The maximum atomic E-state index is 12.0. The summed E-state index contributed by atoms with van der Waals surface area (Å²) in [5.41, 5.74) is 1.54. The van der Waals surface area contributed by atoms with Crippen LogP contribution in [0.4, 0.5) is 5.69 Å². The summed E-state index contributed by atoms with van der Waals surface area (Å²) in [7, 11) is 3.46. The summed E-state index contributed by atoms with van der Waals surface area (Å²) in [5.74, 6) is -0.0601. The third-order valence-electron chi connectivity index (χ3n) is 3.33. The molecule has 18 heavy (non-hydrogen) atoms. The zero-order chi connectivity index (χ0) is 13.1. The molecule has 0 atom stereocenters. The van der Waals surface area contributed by atoms with Crippen LogP contribution in [0.3, 0.4) is 0 Å². The topological polar surface area (TPSA) is 32.3 Å². The Morgan fingerprint density at radius 2 is 2.00 bits per heavy atom. The molecule has 1 N–H and O–H groups in total. The van der Waals surface area contributed by atoms with Crippen LogP contribution < -0.4 is 5.32 Å². The van der Waals surface area contributed by atoms with Crippen molar-refractivity contribution in [1.29, 1.82) is 0 Å². The Balaban J connectivity index is 2.17. The van der Waals surface area contributed by atoms with Gasteiger partial charge in [-0.25, -0.2) is 0 Å². The molecule has 0 aromatic heterocycles. The molecule has 0 bridgehead atoms. The first-order valence-corrected chi connectivity index (χ1v) is 6.73. The molecule has 98 valence electrons. The largest absolute Gasteiger partial charge is 0.382 e. The number of nitrogens with one attached hydrogen (secondary N) is 1. The van der Waals surface area contributed by atoms with Gasteiger partial charge in [0.2, 0.25) is 0 Å². The number of hydrogen-bond donors (Lipinski definition) is 1. The van der Waals surface area contributed by atoms with Crippen molar-refractivity contribution in [1.82, 2.24) is 4.90 Å². The van der Waals surface area contributed by atoms with Crippen molar-refractivity contribution in [2.24, 2.45) is 0 Å². The Morgan fingerprint density at radius 1 is 1.33 bits per heavy atom. The van der Waals surface area contributed by atoms with E-state index in [1.165, 1.54) is 25.7 Å². The average Bonchev–Trinajstić information content (AvgIpc) is 2.83. The van der Waals surface area contributed by atoms with Crippen molar-refractivity contribution < 1.29 is 4.79 Å². The van der Waals surface area contributed by atoms with Crippen molar-refractivity contribution in [3.63, 3.8) is 0 Å². The molecule has 1 fully saturated rings. The van der Waals surface area contributed by atoms with Gasteiger partial charge in [-0.05, 0) is 31.0 Å². The lowest BCUT2D eigenvalue weighted by Gasteiger charge is -2.16. The molecule has 0 spiro atoms. The Kier molecular flexibility index (Phi) is 4.12. The third-order valence-corrected chi connectivity index (χ3v) is 3.66. The molecule has 3 nitrogen and oxygen atoms in total. The van der Waals surface area contributed by atoms with E-state index in [2.05, 4.69) is 5.32 Å². The second-order valence-electron chi connectivity index (χ2n) is 5.02. The number of amides is 1. The smallest absolute Gasteiger partial charge is 0.254 e. The molecule has 0 saturated heterocycles. The van der Waals surface area contributed by atoms with Gasteiger partial charge in [-0.1, -0.05) is 24.4 Å². The summed E-state index contributed by atoms with van der Waals surface area (Å²) in [4.78, 5) is 13.5. The fourth-order valence-electron chi connectivity index (χ4n) is 2.33. The number of anilines is 1. The minimum atomic E-state index is -0.0601. The van der Waals surface area contributed by atoms with E-state index < -0.39 is 0 Å². The second-order valence-corrected chi connectivity index (χ2v) is 5.43. The van der Waals surface area contributed by atoms with Crippen molar-refractivity contribution in [2.75, 3.05) is 19.4 Å². The number of carbonyl (C=O) groups excluding carboxylic acids is 1. The van der Waals surface area contributed by atoms with Crippen molar-refractivity contribution in [2.45, 2.75) is 31.7 Å². The highest BCUT2D eigenvalue weighted by Gasteiger charge is 2.17. The molecule has 1 amide bonds. The molecule has 0 heterocycles. The second kappa shape index (κ2) is 5.61. The highest BCUT2D eigenvalue weighted by atomic mass is 35.5. The number of rotatable bonds is 3.